The highest BCUT2D eigenvalue weighted by Crippen LogP contribution is 2.47. The Morgan fingerprint density at radius 1 is 0.526 bits per heavy atom. The van der Waals surface area contributed by atoms with E-state index in [4.69, 9.17) is 14.4 Å². The van der Waals surface area contributed by atoms with E-state index in [2.05, 4.69) is 147 Å². The molecule has 0 spiro atoms. The van der Waals surface area contributed by atoms with E-state index in [-0.39, 0.29) is 0 Å². The molecule has 0 radical (unpaired) electrons. The first-order chi connectivity index (χ1) is 28.0. The molecule has 3 nitrogen and oxygen atoms in total. The average molecular weight is 733 g/mol. The van der Waals surface area contributed by atoms with Crippen LogP contribution >= 0.6 is 0 Å². The molecule has 0 saturated heterocycles. The minimum absolute atomic E-state index is 0.614. The molecule has 1 aromatic heterocycles. The summed E-state index contributed by atoms with van der Waals surface area (Å²) in [6.07, 6.45) is 6.33. The van der Waals surface area contributed by atoms with Crippen molar-refractivity contribution >= 4 is 71.9 Å². The lowest BCUT2D eigenvalue weighted by Gasteiger charge is -2.16. The summed E-state index contributed by atoms with van der Waals surface area (Å²) in [5, 5.41) is 7.19. The van der Waals surface area contributed by atoms with Crippen LogP contribution in [0.4, 0.5) is 0 Å². The molecule has 8 aromatic carbocycles. The second-order valence-corrected chi connectivity index (χ2v) is 14.2. The Kier molecular flexibility index (Phi) is 9.33. The van der Waals surface area contributed by atoms with E-state index in [1.54, 1.807) is 0 Å². The Hall–Kier alpha value is -7.36. The van der Waals surface area contributed by atoms with Gasteiger partial charge in [0.1, 0.15) is 11.2 Å². The third kappa shape index (κ3) is 6.49. The monoisotopic (exact) mass is 732 g/mol. The first-order valence-corrected chi connectivity index (χ1v) is 19.2. The molecule has 0 atom stereocenters. The highest BCUT2D eigenvalue weighted by molar-refractivity contribution is 6.35. The zero-order valence-corrected chi connectivity index (χ0v) is 32.0. The lowest BCUT2D eigenvalue weighted by Crippen LogP contribution is -2.04. The van der Waals surface area contributed by atoms with Gasteiger partial charge < -0.3 is 4.42 Å². The number of rotatable bonds is 9. The first-order valence-electron chi connectivity index (χ1n) is 19.2. The minimum Gasteiger partial charge on any atom is -0.456 e. The standard InChI is InChI=1S/C54H40N2O/c1-5-37(42-24-17-23-41(34-42)36(4)56-54(40-21-11-8-12-22-40)55-35(3)39-19-9-7-10-20-39)33-38(6-2)43-25-13-14-26-44(43)48-31-32-50-53-51(48)46-28-16-15-27-45(46)47-29-18-30-49(57-50)52(47)53/h5-34H,2,4H2,1,3H3/b37-5+,38-33+,55-35?,56-54?. The van der Waals surface area contributed by atoms with Crippen LogP contribution in [0.3, 0.4) is 0 Å². The summed E-state index contributed by atoms with van der Waals surface area (Å²) in [6, 6.07) is 56.6. The van der Waals surface area contributed by atoms with Crippen molar-refractivity contribution in [3.63, 3.8) is 0 Å². The van der Waals surface area contributed by atoms with Crippen LogP contribution in [-0.2, 0) is 0 Å². The second-order valence-electron chi connectivity index (χ2n) is 14.2. The number of furan rings is 1. The summed E-state index contributed by atoms with van der Waals surface area (Å²) in [4.78, 5) is 10.0. The van der Waals surface area contributed by atoms with E-state index in [0.717, 1.165) is 67.0 Å². The van der Waals surface area contributed by atoms with E-state index in [9.17, 15) is 0 Å². The Morgan fingerprint density at radius 2 is 1.14 bits per heavy atom. The summed E-state index contributed by atoms with van der Waals surface area (Å²) < 4.78 is 6.44. The number of hydrogen-bond acceptors (Lipinski definition) is 2. The maximum absolute atomic E-state index is 6.44. The Morgan fingerprint density at radius 3 is 1.91 bits per heavy atom. The van der Waals surface area contributed by atoms with Crippen molar-refractivity contribution in [2.75, 3.05) is 0 Å². The Labute approximate surface area is 333 Å². The van der Waals surface area contributed by atoms with Gasteiger partial charge >= 0.3 is 0 Å². The van der Waals surface area contributed by atoms with Crippen LogP contribution < -0.4 is 0 Å². The van der Waals surface area contributed by atoms with E-state index >= 15 is 0 Å². The average Bonchev–Trinajstić information content (AvgIpc) is 3.66. The van der Waals surface area contributed by atoms with Gasteiger partial charge in [-0.05, 0) is 99.3 Å². The molecule has 0 saturated carbocycles. The first kappa shape index (κ1) is 35.3. The summed E-state index contributed by atoms with van der Waals surface area (Å²) >= 11 is 0. The third-order valence-corrected chi connectivity index (χ3v) is 10.8. The van der Waals surface area contributed by atoms with Gasteiger partial charge in [0.2, 0.25) is 0 Å². The molecule has 0 fully saturated rings. The van der Waals surface area contributed by atoms with Gasteiger partial charge in [-0.2, -0.15) is 0 Å². The Balaban J connectivity index is 1.12. The minimum atomic E-state index is 0.614. The highest BCUT2D eigenvalue weighted by atomic mass is 16.3. The molecule has 0 aliphatic carbocycles. The SMILES string of the molecule is C=C/C(=C\C(=C/C)c1cccc(C(=C)N=C(N=C(C)c2ccccc2)c2ccccc2)c1)c1ccccc1-c1ccc2oc3cccc4c5ccccc5c1c2c34. The molecule has 0 N–H and O–H groups in total. The number of hydrogen-bond donors (Lipinski definition) is 0. The van der Waals surface area contributed by atoms with E-state index in [1.165, 1.54) is 32.3 Å². The van der Waals surface area contributed by atoms with Crippen molar-refractivity contribution in [3.05, 3.63) is 223 Å². The van der Waals surface area contributed by atoms with Crippen LogP contribution in [-0.4, -0.2) is 11.5 Å². The van der Waals surface area contributed by atoms with E-state index < -0.39 is 0 Å². The van der Waals surface area contributed by atoms with E-state index in [1.807, 2.05) is 61.5 Å². The van der Waals surface area contributed by atoms with Crippen molar-refractivity contribution in [2.45, 2.75) is 13.8 Å². The molecule has 1 heterocycles. The highest BCUT2D eigenvalue weighted by Gasteiger charge is 2.21. The van der Waals surface area contributed by atoms with Gasteiger partial charge in [-0.3, -0.25) is 0 Å². The quantitative estimate of drug-likeness (QED) is 0.0630. The van der Waals surface area contributed by atoms with Crippen molar-refractivity contribution < 1.29 is 4.42 Å². The van der Waals surface area contributed by atoms with Gasteiger partial charge in [0.25, 0.3) is 0 Å². The molecule has 272 valence electrons. The van der Waals surface area contributed by atoms with Crippen LogP contribution in [0.2, 0.25) is 0 Å². The molecule has 9 aromatic rings. The topological polar surface area (TPSA) is 37.9 Å². The molecule has 0 amide bonds. The number of nitrogens with zero attached hydrogens (tertiary/aromatic N) is 2. The second kappa shape index (κ2) is 15.1. The van der Waals surface area contributed by atoms with Crippen LogP contribution in [0.5, 0.6) is 0 Å². The summed E-state index contributed by atoms with van der Waals surface area (Å²) in [6.45, 7) is 12.8. The molecule has 0 aliphatic rings. The Bertz CT molecular complexity index is 3100. The van der Waals surface area contributed by atoms with Crippen molar-refractivity contribution in [2.24, 2.45) is 9.98 Å². The lowest BCUT2D eigenvalue weighted by atomic mass is 9.86. The van der Waals surface area contributed by atoms with Crippen LogP contribution in [0.15, 0.2) is 210 Å². The third-order valence-electron chi connectivity index (χ3n) is 10.8. The zero-order valence-electron chi connectivity index (χ0n) is 32.0. The van der Waals surface area contributed by atoms with Crippen LogP contribution in [0, 0.1) is 0 Å². The largest absolute Gasteiger partial charge is 0.456 e. The summed E-state index contributed by atoms with van der Waals surface area (Å²) in [7, 11) is 0. The van der Waals surface area contributed by atoms with Crippen LogP contribution in [0.25, 0.3) is 71.5 Å². The van der Waals surface area contributed by atoms with Gasteiger partial charge in [-0.1, -0.05) is 165 Å². The van der Waals surface area contributed by atoms with Crippen molar-refractivity contribution in [1.29, 1.82) is 0 Å². The fraction of sp³-hybridized carbons (Fsp3) is 0.0370. The number of benzene rings is 8. The van der Waals surface area contributed by atoms with Crippen LogP contribution in [0.1, 0.15) is 41.7 Å². The maximum Gasteiger partial charge on any atom is 0.160 e. The van der Waals surface area contributed by atoms with Crippen molar-refractivity contribution in [1.82, 2.24) is 0 Å². The summed E-state index contributed by atoms with van der Waals surface area (Å²) in [5.74, 6) is 0.614. The molecule has 0 unspecified atom stereocenters. The zero-order chi connectivity index (χ0) is 38.9. The lowest BCUT2D eigenvalue weighted by molar-refractivity contribution is 0.669. The fourth-order valence-electron chi connectivity index (χ4n) is 8.01. The number of fused-ring (bicyclic) bond motifs is 3. The van der Waals surface area contributed by atoms with Gasteiger partial charge in [0, 0.05) is 33.0 Å². The van der Waals surface area contributed by atoms with Gasteiger partial charge in [-0.25, -0.2) is 9.98 Å². The smallest absolute Gasteiger partial charge is 0.160 e. The molecular formula is C54H40N2O. The molecule has 0 bridgehead atoms. The van der Waals surface area contributed by atoms with E-state index in [0.29, 0.717) is 11.5 Å². The summed E-state index contributed by atoms with van der Waals surface area (Å²) in [5.41, 5.74) is 12.8. The molecule has 57 heavy (non-hydrogen) atoms. The van der Waals surface area contributed by atoms with Gasteiger partial charge in [0.05, 0.1) is 5.70 Å². The maximum atomic E-state index is 6.44. The fourth-order valence-corrected chi connectivity index (χ4v) is 8.01. The number of aliphatic imine (C=N–C) groups is 2. The number of allylic oxidation sites excluding steroid dienone is 5. The predicted molar refractivity (Wildman–Crippen MR) is 244 cm³/mol. The number of amidine groups is 1. The van der Waals surface area contributed by atoms with Gasteiger partial charge in [0.15, 0.2) is 5.84 Å². The van der Waals surface area contributed by atoms with Gasteiger partial charge in [-0.15, -0.1) is 0 Å². The molecule has 9 rings (SSSR count). The molecular weight excluding hydrogens is 693 g/mol. The van der Waals surface area contributed by atoms with Crippen molar-refractivity contribution in [3.8, 4) is 11.1 Å². The predicted octanol–water partition coefficient (Wildman–Crippen LogP) is 14.6. The molecule has 3 heteroatoms. The normalized spacial score (nSPS) is 12.9. The molecule has 0 aliphatic heterocycles.